The number of ketones is 1. The molecule has 1 N–H and O–H groups in total. The van der Waals surface area contributed by atoms with Crippen molar-refractivity contribution in [3.63, 3.8) is 0 Å². The summed E-state index contributed by atoms with van der Waals surface area (Å²) in [6.07, 6.45) is 5.88. The molecule has 0 amide bonds. The Hall–Kier alpha value is -2.85. The highest BCUT2D eigenvalue weighted by molar-refractivity contribution is 5.98. The van der Waals surface area contributed by atoms with E-state index in [2.05, 4.69) is 11.4 Å². The van der Waals surface area contributed by atoms with E-state index in [1.165, 1.54) is 11.1 Å². The van der Waals surface area contributed by atoms with Crippen LogP contribution < -0.4 is 5.32 Å². The molecule has 0 spiro atoms. The van der Waals surface area contributed by atoms with Crippen molar-refractivity contribution >= 4 is 5.78 Å². The Kier molecular flexibility index (Phi) is 4.84. The average molecular weight is 346 g/mol. The predicted molar refractivity (Wildman–Crippen MR) is 101 cm³/mol. The molecular formula is C22H22N2O2. The molecule has 0 aliphatic carbocycles. The lowest BCUT2D eigenvalue weighted by Gasteiger charge is -2.22. The normalized spacial score (nSPS) is 15.5. The van der Waals surface area contributed by atoms with Gasteiger partial charge in [-0.15, -0.1) is 0 Å². The minimum absolute atomic E-state index is 0.145. The molecule has 0 unspecified atom stereocenters. The highest BCUT2D eigenvalue weighted by Gasteiger charge is 2.16. The van der Waals surface area contributed by atoms with E-state index >= 15 is 0 Å². The SMILES string of the molecule is O=C(CN1C=CC(OCc2ccccc2)=CC1)c1ccc2c(c1)CNC2. The van der Waals surface area contributed by atoms with Crippen LogP contribution in [0.25, 0.3) is 0 Å². The van der Waals surface area contributed by atoms with Crippen LogP contribution in [0.2, 0.25) is 0 Å². The summed E-state index contributed by atoms with van der Waals surface area (Å²) < 4.78 is 5.81. The zero-order chi connectivity index (χ0) is 17.8. The number of benzene rings is 2. The lowest BCUT2D eigenvalue weighted by molar-refractivity contribution is 0.0957. The summed E-state index contributed by atoms with van der Waals surface area (Å²) in [5.41, 5.74) is 4.46. The highest BCUT2D eigenvalue weighted by atomic mass is 16.5. The molecule has 0 fully saturated rings. The molecule has 2 aliphatic heterocycles. The zero-order valence-corrected chi connectivity index (χ0v) is 14.7. The van der Waals surface area contributed by atoms with Crippen LogP contribution in [0.4, 0.5) is 0 Å². The molecule has 0 saturated carbocycles. The van der Waals surface area contributed by atoms with Crippen LogP contribution in [0.5, 0.6) is 0 Å². The maximum absolute atomic E-state index is 12.6. The van der Waals surface area contributed by atoms with Crippen molar-refractivity contribution in [2.24, 2.45) is 0 Å². The minimum Gasteiger partial charge on any atom is -0.489 e. The molecule has 0 aromatic heterocycles. The smallest absolute Gasteiger partial charge is 0.182 e. The summed E-state index contributed by atoms with van der Waals surface area (Å²) >= 11 is 0. The summed E-state index contributed by atoms with van der Waals surface area (Å²) in [4.78, 5) is 14.6. The molecule has 2 aromatic carbocycles. The molecule has 2 heterocycles. The van der Waals surface area contributed by atoms with E-state index < -0.39 is 0 Å². The van der Waals surface area contributed by atoms with Gasteiger partial charge in [0.15, 0.2) is 5.78 Å². The number of carbonyl (C=O) groups excluding carboxylic acids is 1. The molecule has 4 heteroatoms. The fraction of sp³-hybridized carbons (Fsp3) is 0.227. The van der Waals surface area contributed by atoms with Crippen LogP contribution in [0.3, 0.4) is 0 Å². The van der Waals surface area contributed by atoms with Gasteiger partial charge in [0, 0.05) is 31.4 Å². The standard InChI is InChI=1S/C22H22N2O2/c25-22(18-6-7-19-13-23-14-20(19)12-18)15-24-10-8-21(9-11-24)26-16-17-4-2-1-3-5-17/h1-10,12,23H,11,13-16H2. The third-order valence-corrected chi connectivity index (χ3v) is 4.73. The van der Waals surface area contributed by atoms with Crippen molar-refractivity contribution in [3.05, 3.63) is 94.9 Å². The quantitative estimate of drug-likeness (QED) is 0.814. The van der Waals surface area contributed by atoms with Crippen LogP contribution in [-0.4, -0.2) is 23.8 Å². The Bertz CT molecular complexity index is 856. The van der Waals surface area contributed by atoms with Gasteiger partial charge in [-0.25, -0.2) is 0 Å². The first-order valence-electron chi connectivity index (χ1n) is 8.93. The van der Waals surface area contributed by atoms with Crippen molar-refractivity contribution in [1.29, 1.82) is 0 Å². The Balaban J connectivity index is 1.30. The molecule has 0 saturated heterocycles. The van der Waals surface area contributed by atoms with Gasteiger partial charge in [0.2, 0.25) is 0 Å². The number of hydrogen-bond acceptors (Lipinski definition) is 4. The zero-order valence-electron chi connectivity index (χ0n) is 14.7. The molecule has 0 atom stereocenters. The Morgan fingerprint density at radius 3 is 2.73 bits per heavy atom. The van der Waals surface area contributed by atoms with Crippen molar-refractivity contribution in [2.75, 3.05) is 13.1 Å². The van der Waals surface area contributed by atoms with E-state index in [1.807, 2.05) is 65.7 Å². The Morgan fingerprint density at radius 2 is 1.92 bits per heavy atom. The van der Waals surface area contributed by atoms with Gasteiger partial charge in [0.25, 0.3) is 0 Å². The lowest BCUT2D eigenvalue weighted by atomic mass is 10.0. The maximum atomic E-state index is 12.6. The van der Waals surface area contributed by atoms with Gasteiger partial charge >= 0.3 is 0 Å². The van der Waals surface area contributed by atoms with Crippen LogP contribution >= 0.6 is 0 Å². The highest BCUT2D eigenvalue weighted by Crippen LogP contribution is 2.18. The van der Waals surface area contributed by atoms with E-state index in [0.717, 1.165) is 30.0 Å². The molecule has 2 aliphatic rings. The third-order valence-electron chi connectivity index (χ3n) is 4.73. The molecule has 4 rings (SSSR count). The van der Waals surface area contributed by atoms with E-state index in [1.54, 1.807) is 0 Å². The number of allylic oxidation sites excluding steroid dienone is 1. The second-order valence-corrected chi connectivity index (χ2v) is 6.64. The fourth-order valence-corrected chi connectivity index (χ4v) is 3.22. The topological polar surface area (TPSA) is 41.6 Å². The monoisotopic (exact) mass is 346 g/mol. The van der Waals surface area contributed by atoms with Crippen molar-refractivity contribution in [3.8, 4) is 0 Å². The maximum Gasteiger partial charge on any atom is 0.182 e. The van der Waals surface area contributed by atoms with Crippen molar-refractivity contribution in [1.82, 2.24) is 10.2 Å². The van der Waals surface area contributed by atoms with Gasteiger partial charge in [-0.1, -0.05) is 42.5 Å². The number of fused-ring (bicyclic) bond motifs is 1. The molecule has 132 valence electrons. The summed E-state index contributed by atoms with van der Waals surface area (Å²) in [6.45, 7) is 3.36. The van der Waals surface area contributed by atoms with Crippen molar-refractivity contribution in [2.45, 2.75) is 19.7 Å². The first kappa shape index (κ1) is 16.6. The average Bonchev–Trinajstić information content (AvgIpc) is 3.16. The largest absolute Gasteiger partial charge is 0.489 e. The van der Waals surface area contributed by atoms with Gasteiger partial charge < -0.3 is 15.0 Å². The first-order chi connectivity index (χ1) is 12.8. The van der Waals surface area contributed by atoms with Crippen molar-refractivity contribution < 1.29 is 9.53 Å². The third kappa shape index (κ3) is 3.86. The van der Waals surface area contributed by atoms with E-state index in [0.29, 0.717) is 19.7 Å². The summed E-state index contributed by atoms with van der Waals surface area (Å²) in [5.74, 6) is 0.993. The Morgan fingerprint density at radius 1 is 1.08 bits per heavy atom. The van der Waals surface area contributed by atoms with Gasteiger partial charge in [-0.3, -0.25) is 4.79 Å². The van der Waals surface area contributed by atoms with Gasteiger partial charge in [-0.2, -0.15) is 0 Å². The molecule has 0 radical (unpaired) electrons. The summed E-state index contributed by atoms with van der Waals surface area (Å²) in [6, 6.07) is 16.1. The number of nitrogens with zero attached hydrogens (tertiary/aromatic N) is 1. The van der Waals surface area contributed by atoms with Crippen LogP contribution in [0.15, 0.2) is 72.6 Å². The summed E-state index contributed by atoms with van der Waals surface area (Å²) in [5, 5.41) is 3.31. The molecular weight excluding hydrogens is 324 g/mol. The molecule has 26 heavy (non-hydrogen) atoms. The molecule has 0 bridgehead atoms. The second-order valence-electron chi connectivity index (χ2n) is 6.64. The number of carbonyl (C=O) groups is 1. The minimum atomic E-state index is 0.145. The predicted octanol–water partition coefficient (Wildman–Crippen LogP) is 3.40. The van der Waals surface area contributed by atoms with Crippen LogP contribution in [0.1, 0.15) is 27.0 Å². The number of hydrogen-bond donors (Lipinski definition) is 1. The van der Waals surface area contributed by atoms with Crippen LogP contribution in [0, 0.1) is 0 Å². The van der Waals surface area contributed by atoms with Gasteiger partial charge in [0.1, 0.15) is 12.4 Å². The number of rotatable bonds is 6. The van der Waals surface area contributed by atoms with E-state index in [9.17, 15) is 4.79 Å². The number of Topliss-reactive ketones (excluding diaryl/α,β-unsaturated/α-hetero) is 1. The molecule has 2 aromatic rings. The second kappa shape index (κ2) is 7.58. The fourth-order valence-electron chi connectivity index (χ4n) is 3.22. The van der Waals surface area contributed by atoms with Crippen LogP contribution in [-0.2, 0) is 24.4 Å². The number of ether oxygens (including phenoxy) is 1. The Labute approximate surface area is 153 Å². The first-order valence-corrected chi connectivity index (χ1v) is 8.93. The van der Waals surface area contributed by atoms with E-state index in [-0.39, 0.29) is 5.78 Å². The van der Waals surface area contributed by atoms with Gasteiger partial charge in [0.05, 0.1) is 6.54 Å². The van der Waals surface area contributed by atoms with E-state index in [4.69, 9.17) is 4.74 Å². The number of nitrogens with one attached hydrogen (secondary N) is 1. The summed E-state index contributed by atoms with van der Waals surface area (Å²) in [7, 11) is 0. The lowest BCUT2D eigenvalue weighted by Crippen LogP contribution is -2.27. The van der Waals surface area contributed by atoms with Gasteiger partial charge in [-0.05, 0) is 34.9 Å². The molecule has 4 nitrogen and oxygen atoms in total.